The zero-order valence-electron chi connectivity index (χ0n) is 15.0. The number of ether oxygens (including phenoxy) is 1. The van der Waals surface area contributed by atoms with E-state index in [2.05, 4.69) is 31.2 Å². The number of hydrogen-bond acceptors (Lipinski definition) is 3. The number of urea groups is 1. The first-order valence-corrected chi connectivity index (χ1v) is 8.55. The number of aryl methyl sites for hydroxylation is 1. The number of carbonyl (C=O) groups is 1. The van der Waals surface area contributed by atoms with Crippen LogP contribution >= 0.6 is 0 Å². The summed E-state index contributed by atoms with van der Waals surface area (Å²) < 4.78 is 5.98. The molecule has 2 amide bonds. The molecule has 2 atom stereocenters. The van der Waals surface area contributed by atoms with Crippen LogP contribution in [0.5, 0.6) is 5.75 Å². The van der Waals surface area contributed by atoms with E-state index in [1.165, 1.54) is 5.56 Å². The fraction of sp³-hybridized carbons (Fsp3) is 0.350. The summed E-state index contributed by atoms with van der Waals surface area (Å²) >= 11 is 0. The van der Waals surface area contributed by atoms with E-state index >= 15 is 0 Å². The van der Waals surface area contributed by atoms with Gasteiger partial charge in [-0.05, 0) is 49.1 Å². The van der Waals surface area contributed by atoms with Gasteiger partial charge in [0, 0.05) is 0 Å². The summed E-state index contributed by atoms with van der Waals surface area (Å²) in [5.41, 5.74) is 8.30. The molecule has 5 nitrogen and oxygen atoms in total. The predicted molar refractivity (Wildman–Crippen MR) is 97.5 cm³/mol. The number of benzene rings is 2. The SMILES string of the molecule is CCCc1ccc(C(C)Oc2ccc(C(C)N(O)C(N)=O)cc2)cc1. The standard InChI is InChI=1S/C20H26N2O3/c1-4-5-16-6-8-18(9-7-16)15(3)25-19-12-10-17(11-13-19)14(2)22(24)20(21)23/h6-15,24H,4-5H2,1-3H3,(H2,21,23). The van der Waals surface area contributed by atoms with Gasteiger partial charge in [0.15, 0.2) is 0 Å². The Morgan fingerprint density at radius 1 is 1.08 bits per heavy atom. The number of nitrogens with two attached hydrogens (primary N) is 1. The Morgan fingerprint density at radius 3 is 2.16 bits per heavy atom. The molecule has 0 radical (unpaired) electrons. The van der Waals surface area contributed by atoms with E-state index in [0.717, 1.165) is 29.7 Å². The summed E-state index contributed by atoms with van der Waals surface area (Å²) in [4.78, 5) is 11.0. The topological polar surface area (TPSA) is 75.8 Å². The van der Waals surface area contributed by atoms with Gasteiger partial charge >= 0.3 is 6.03 Å². The van der Waals surface area contributed by atoms with Crippen LogP contribution in [0.1, 0.15) is 56.0 Å². The van der Waals surface area contributed by atoms with Gasteiger partial charge in [0.1, 0.15) is 11.9 Å². The number of hydroxylamine groups is 2. The van der Waals surface area contributed by atoms with Gasteiger partial charge in [-0.1, -0.05) is 49.7 Å². The molecule has 0 aliphatic carbocycles. The molecule has 134 valence electrons. The van der Waals surface area contributed by atoms with Gasteiger partial charge in [0.2, 0.25) is 0 Å². The summed E-state index contributed by atoms with van der Waals surface area (Å²) in [5, 5.41) is 10.1. The molecule has 2 aromatic carbocycles. The van der Waals surface area contributed by atoms with E-state index in [4.69, 9.17) is 10.5 Å². The van der Waals surface area contributed by atoms with Crippen LogP contribution in [0.3, 0.4) is 0 Å². The van der Waals surface area contributed by atoms with Crippen LogP contribution in [0.25, 0.3) is 0 Å². The third-order valence-corrected chi connectivity index (χ3v) is 4.26. The molecular formula is C20H26N2O3. The smallest absolute Gasteiger partial charge is 0.339 e. The van der Waals surface area contributed by atoms with Gasteiger partial charge in [-0.3, -0.25) is 5.21 Å². The monoisotopic (exact) mass is 342 g/mol. The van der Waals surface area contributed by atoms with Crippen molar-refractivity contribution in [3.05, 3.63) is 65.2 Å². The molecule has 2 unspecified atom stereocenters. The van der Waals surface area contributed by atoms with Crippen molar-refractivity contribution in [3.63, 3.8) is 0 Å². The van der Waals surface area contributed by atoms with Crippen molar-refractivity contribution < 1.29 is 14.7 Å². The van der Waals surface area contributed by atoms with Crippen molar-refractivity contribution in [1.29, 1.82) is 0 Å². The van der Waals surface area contributed by atoms with Gasteiger partial charge in [0.05, 0.1) is 6.04 Å². The number of rotatable bonds is 7. The zero-order valence-corrected chi connectivity index (χ0v) is 15.0. The fourth-order valence-electron chi connectivity index (χ4n) is 2.67. The summed E-state index contributed by atoms with van der Waals surface area (Å²) in [5.74, 6) is 0.727. The first-order valence-electron chi connectivity index (χ1n) is 8.55. The van der Waals surface area contributed by atoms with E-state index in [-0.39, 0.29) is 6.10 Å². The third-order valence-electron chi connectivity index (χ3n) is 4.26. The van der Waals surface area contributed by atoms with E-state index < -0.39 is 12.1 Å². The molecule has 2 aromatic rings. The van der Waals surface area contributed by atoms with Gasteiger partial charge in [0.25, 0.3) is 0 Å². The number of nitrogens with zero attached hydrogens (tertiary/aromatic N) is 1. The quantitative estimate of drug-likeness (QED) is 0.570. The van der Waals surface area contributed by atoms with Crippen LogP contribution in [0.4, 0.5) is 4.79 Å². The van der Waals surface area contributed by atoms with Crippen molar-refractivity contribution in [2.75, 3.05) is 0 Å². The highest BCUT2D eigenvalue weighted by atomic mass is 16.5. The molecule has 0 spiro atoms. The Balaban J connectivity index is 2.01. The van der Waals surface area contributed by atoms with Crippen molar-refractivity contribution in [2.24, 2.45) is 5.73 Å². The minimum Gasteiger partial charge on any atom is -0.486 e. The molecule has 0 saturated heterocycles. The van der Waals surface area contributed by atoms with Crippen molar-refractivity contribution in [3.8, 4) is 5.75 Å². The normalized spacial score (nSPS) is 13.1. The van der Waals surface area contributed by atoms with Gasteiger partial charge in [-0.15, -0.1) is 0 Å². The van der Waals surface area contributed by atoms with Crippen molar-refractivity contribution >= 4 is 6.03 Å². The lowest BCUT2D eigenvalue weighted by Gasteiger charge is -2.21. The molecule has 0 heterocycles. The Bertz CT molecular complexity index is 683. The molecule has 0 aliphatic heterocycles. The second kappa shape index (κ2) is 8.53. The molecule has 0 fully saturated rings. The Labute approximate surface area is 149 Å². The van der Waals surface area contributed by atoms with Crippen molar-refractivity contribution in [2.45, 2.75) is 45.8 Å². The third kappa shape index (κ3) is 4.97. The van der Waals surface area contributed by atoms with Gasteiger partial charge in [-0.2, -0.15) is 5.06 Å². The summed E-state index contributed by atoms with van der Waals surface area (Å²) in [6, 6.07) is 14.3. The lowest BCUT2D eigenvalue weighted by Crippen LogP contribution is -2.34. The van der Waals surface area contributed by atoms with E-state index in [0.29, 0.717) is 5.06 Å². The maximum atomic E-state index is 11.0. The Morgan fingerprint density at radius 2 is 1.64 bits per heavy atom. The summed E-state index contributed by atoms with van der Waals surface area (Å²) in [7, 11) is 0. The molecule has 0 aromatic heterocycles. The highest BCUT2D eigenvalue weighted by Crippen LogP contribution is 2.25. The predicted octanol–water partition coefficient (Wildman–Crippen LogP) is 4.61. The van der Waals surface area contributed by atoms with Crippen molar-refractivity contribution in [1.82, 2.24) is 5.06 Å². The maximum Gasteiger partial charge on any atom is 0.339 e. The first kappa shape index (κ1) is 18.8. The Kier molecular flexibility index (Phi) is 6.42. The number of primary amides is 1. The zero-order chi connectivity index (χ0) is 18.4. The highest BCUT2D eigenvalue weighted by Gasteiger charge is 2.17. The van der Waals surface area contributed by atoms with Crippen LogP contribution < -0.4 is 10.5 Å². The molecule has 25 heavy (non-hydrogen) atoms. The molecule has 0 bridgehead atoms. The number of carbonyl (C=O) groups excluding carboxylic acids is 1. The minimum atomic E-state index is -0.882. The number of amides is 2. The largest absolute Gasteiger partial charge is 0.486 e. The van der Waals surface area contributed by atoms with Crippen LogP contribution in [0, 0.1) is 0 Å². The average Bonchev–Trinajstić information content (AvgIpc) is 2.62. The average molecular weight is 342 g/mol. The molecule has 2 rings (SSSR count). The summed E-state index contributed by atoms with van der Waals surface area (Å²) in [6.07, 6.45) is 2.15. The molecule has 0 aliphatic rings. The lowest BCUT2D eigenvalue weighted by atomic mass is 10.0. The van der Waals surface area contributed by atoms with Crippen LogP contribution in [-0.4, -0.2) is 16.3 Å². The minimum absolute atomic E-state index is 0.0705. The van der Waals surface area contributed by atoms with E-state index in [1.54, 1.807) is 6.92 Å². The molecule has 0 saturated carbocycles. The van der Waals surface area contributed by atoms with Crippen LogP contribution in [0.2, 0.25) is 0 Å². The van der Waals surface area contributed by atoms with Crippen LogP contribution in [-0.2, 0) is 6.42 Å². The van der Waals surface area contributed by atoms with Gasteiger partial charge < -0.3 is 10.5 Å². The second-order valence-electron chi connectivity index (χ2n) is 6.18. The molecule has 5 heteroatoms. The van der Waals surface area contributed by atoms with Gasteiger partial charge in [-0.25, -0.2) is 4.79 Å². The summed E-state index contributed by atoms with van der Waals surface area (Å²) in [6.45, 7) is 5.87. The second-order valence-corrected chi connectivity index (χ2v) is 6.18. The van der Waals surface area contributed by atoms with E-state index in [1.807, 2.05) is 31.2 Å². The van der Waals surface area contributed by atoms with E-state index in [9.17, 15) is 10.0 Å². The molecule has 3 N–H and O–H groups in total. The molecular weight excluding hydrogens is 316 g/mol. The first-order chi connectivity index (χ1) is 11.9. The maximum absolute atomic E-state index is 11.0. The highest BCUT2D eigenvalue weighted by molar-refractivity contribution is 5.71. The Hall–Kier alpha value is -2.53. The number of hydrogen-bond donors (Lipinski definition) is 2. The fourth-order valence-corrected chi connectivity index (χ4v) is 2.67. The lowest BCUT2D eigenvalue weighted by molar-refractivity contribution is -0.0710. The van der Waals surface area contributed by atoms with Crippen LogP contribution in [0.15, 0.2) is 48.5 Å².